The molecule has 0 fully saturated rings. The number of methoxy groups -OCH3 is 2. The van der Waals surface area contributed by atoms with Gasteiger partial charge < -0.3 is 14.2 Å². The maximum absolute atomic E-state index is 5.66. The van der Waals surface area contributed by atoms with E-state index in [9.17, 15) is 0 Å². The quantitative estimate of drug-likeness (QED) is 0.315. The number of nitrogens with zero attached hydrogens (tertiary/aromatic N) is 4. The van der Waals surface area contributed by atoms with Crippen LogP contribution < -0.4 is 19.0 Å². The number of benzene rings is 2. The largest absolute Gasteiger partial charge is 0.497 e. The molecule has 4 rings (SSSR count). The number of rotatable bonds is 8. The van der Waals surface area contributed by atoms with Crippen LogP contribution in [0.25, 0.3) is 11.3 Å². The van der Waals surface area contributed by atoms with E-state index < -0.39 is 0 Å². The van der Waals surface area contributed by atoms with Crippen LogP contribution in [0.1, 0.15) is 19.4 Å². The molecule has 34 heavy (non-hydrogen) atoms. The van der Waals surface area contributed by atoms with Gasteiger partial charge in [-0.05, 0) is 56.3 Å². The molecule has 4 aromatic rings. The predicted octanol–water partition coefficient (Wildman–Crippen LogP) is 5.53. The molecule has 0 spiro atoms. The zero-order chi connectivity index (χ0) is 23.9. The van der Waals surface area contributed by atoms with Crippen LogP contribution in [-0.2, 0) is 0 Å². The SMILES string of the molecule is CCOc1ccc(N=c2scc(-c3ccc(OC)cc3OC)n2N=C(C)c2cccnc2)cc1. The molecule has 7 nitrogen and oxygen atoms in total. The Labute approximate surface area is 202 Å². The van der Waals surface area contributed by atoms with E-state index in [1.165, 1.54) is 11.3 Å². The first-order valence-electron chi connectivity index (χ1n) is 10.8. The fourth-order valence-electron chi connectivity index (χ4n) is 3.35. The molecule has 0 saturated heterocycles. The van der Waals surface area contributed by atoms with Crippen molar-refractivity contribution in [3.63, 3.8) is 0 Å². The molecule has 0 aliphatic heterocycles. The van der Waals surface area contributed by atoms with Gasteiger partial charge in [0.2, 0.25) is 4.80 Å². The molecule has 0 radical (unpaired) electrons. The summed E-state index contributed by atoms with van der Waals surface area (Å²) in [4.78, 5) is 9.80. The van der Waals surface area contributed by atoms with Crippen LogP contribution in [0, 0.1) is 0 Å². The third-order valence-corrected chi connectivity index (χ3v) is 5.89. The van der Waals surface area contributed by atoms with E-state index in [4.69, 9.17) is 24.3 Å². The summed E-state index contributed by atoms with van der Waals surface area (Å²) >= 11 is 1.50. The number of ether oxygens (including phenoxy) is 3. The second-order valence-corrected chi connectivity index (χ2v) is 8.08. The van der Waals surface area contributed by atoms with E-state index in [-0.39, 0.29) is 0 Å². The minimum absolute atomic E-state index is 0.622. The first-order valence-corrected chi connectivity index (χ1v) is 11.7. The van der Waals surface area contributed by atoms with Crippen molar-refractivity contribution >= 4 is 22.7 Å². The number of pyridine rings is 1. The van der Waals surface area contributed by atoms with Gasteiger partial charge in [-0.25, -0.2) is 9.67 Å². The third kappa shape index (κ3) is 5.18. The molecule has 0 N–H and O–H groups in total. The van der Waals surface area contributed by atoms with Gasteiger partial charge in [-0.3, -0.25) is 4.98 Å². The van der Waals surface area contributed by atoms with E-state index in [2.05, 4.69) is 4.98 Å². The summed E-state index contributed by atoms with van der Waals surface area (Å²) in [5, 5.41) is 6.95. The summed E-state index contributed by atoms with van der Waals surface area (Å²) in [6.07, 6.45) is 3.54. The van der Waals surface area contributed by atoms with Gasteiger partial charge in [0.05, 0.1) is 37.9 Å². The van der Waals surface area contributed by atoms with Crippen LogP contribution in [-0.4, -0.2) is 36.2 Å². The standard InChI is InChI=1S/C26H26N4O3S/c1-5-33-21-10-8-20(9-11-21)28-26-30(29-18(2)19-7-6-14-27-16-19)24(17-34-26)23-13-12-22(31-3)15-25(23)32-4/h6-17H,5H2,1-4H3. The fraction of sp³-hybridized carbons (Fsp3) is 0.192. The highest BCUT2D eigenvalue weighted by Crippen LogP contribution is 2.34. The Morgan fingerprint density at radius 1 is 1.03 bits per heavy atom. The monoisotopic (exact) mass is 474 g/mol. The fourth-order valence-corrected chi connectivity index (χ4v) is 4.19. The second kappa shape index (κ2) is 10.8. The van der Waals surface area contributed by atoms with Crippen LogP contribution in [0.15, 0.2) is 82.5 Å². The van der Waals surface area contributed by atoms with Crippen LogP contribution >= 0.6 is 11.3 Å². The highest BCUT2D eigenvalue weighted by molar-refractivity contribution is 7.07. The van der Waals surface area contributed by atoms with Crippen molar-refractivity contribution < 1.29 is 14.2 Å². The summed E-state index contributed by atoms with van der Waals surface area (Å²) in [6.45, 7) is 4.54. The van der Waals surface area contributed by atoms with Gasteiger partial charge in [0.1, 0.15) is 17.2 Å². The first-order chi connectivity index (χ1) is 16.6. The molecule has 0 aliphatic rings. The number of hydrogen-bond acceptors (Lipinski definition) is 7. The van der Waals surface area contributed by atoms with E-state index in [0.29, 0.717) is 12.4 Å². The summed E-state index contributed by atoms with van der Waals surface area (Å²) < 4.78 is 18.4. The van der Waals surface area contributed by atoms with Gasteiger partial charge in [0, 0.05) is 35.0 Å². The Bertz CT molecular complexity index is 1340. The summed E-state index contributed by atoms with van der Waals surface area (Å²) in [5.74, 6) is 2.22. The van der Waals surface area contributed by atoms with Gasteiger partial charge in [0.25, 0.3) is 0 Å². The Morgan fingerprint density at radius 3 is 2.50 bits per heavy atom. The van der Waals surface area contributed by atoms with E-state index in [0.717, 1.165) is 44.5 Å². The summed E-state index contributed by atoms with van der Waals surface area (Å²) in [6, 6.07) is 17.3. The molecule has 0 amide bonds. The average molecular weight is 475 g/mol. The topological polar surface area (TPSA) is 70.2 Å². The number of aromatic nitrogens is 2. The minimum atomic E-state index is 0.622. The summed E-state index contributed by atoms with van der Waals surface area (Å²) in [7, 11) is 3.28. The Balaban J connectivity index is 1.87. The zero-order valence-corrected chi connectivity index (χ0v) is 20.4. The molecule has 2 aromatic carbocycles. The molecule has 174 valence electrons. The first kappa shape index (κ1) is 23.3. The molecule has 0 saturated carbocycles. The lowest BCUT2D eigenvalue weighted by molar-refractivity contribution is 0.340. The van der Waals surface area contributed by atoms with Crippen LogP contribution in [0.4, 0.5) is 5.69 Å². The molecule has 0 bridgehead atoms. The van der Waals surface area contributed by atoms with Gasteiger partial charge >= 0.3 is 0 Å². The molecule has 0 atom stereocenters. The van der Waals surface area contributed by atoms with Crippen LogP contribution in [0.2, 0.25) is 0 Å². The maximum Gasteiger partial charge on any atom is 0.211 e. The van der Waals surface area contributed by atoms with Crippen molar-refractivity contribution in [3.05, 3.63) is 82.7 Å². The zero-order valence-electron chi connectivity index (χ0n) is 19.6. The second-order valence-electron chi connectivity index (χ2n) is 7.25. The predicted molar refractivity (Wildman–Crippen MR) is 136 cm³/mol. The number of hydrogen-bond donors (Lipinski definition) is 0. The molecule has 0 aliphatic carbocycles. The number of thiazole rings is 1. The normalized spacial score (nSPS) is 12.0. The molecular formula is C26H26N4O3S. The Hall–Kier alpha value is -3.91. The lowest BCUT2D eigenvalue weighted by Gasteiger charge is -2.11. The van der Waals surface area contributed by atoms with Crippen molar-refractivity contribution in [3.8, 4) is 28.5 Å². The van der Waals surface area contributed by atoms with Crippen LogP contribution in [0.5, 0.6) is 17.2 Å². The van der Waals surface area contributed by atoms with E-state index in [1.54, 1.807) is 26.6 Å². The van der Waals surface area contributed by atoms with Gasteiger partial charge in [-0.2, -0.15) is 5.10 Å². The average Bonchev–Trinajstić information content (AvgIpc) is 3.26. The summed E-state index contributed by atoms with van der Waals surface area (Å²) in [5.41, 5.74) is 4.30. The lowest BCUT2D eigenvalue weighted by atomic mass is 10.1. The molecule has 2 heterocycles. The molecule has 8 heteroatoms. The smallest absolute Gasteiger partial charge is 0.211 e. The van der Waals surface area contributed by atoms with E-state index in [1.807, 2.05) is 78.5 Å². The van der Waals surface area contributed by atoms with Gasteiger partial charge in [-0.1, -0.05) is 6.07 Å². The van der Waals surface area contributed by atoms with Crippen molar-refractivity contribution in [2.75, 3.05) is 20.8 Å². The van der Waals surface area contributed by atoms with Crippen molar-refractivity contribution in [1.29, 1.82) is 0 Å². The Kier molecular flexibility index (Phi) is 7.39. The highest BCUT2D eigenvalue weighted by Gasteiger charge is 2.14. The van der Waals surface area contributed by atoms with E-state index >= 15 is 0 Å². The highest BCUT2D eigenvalue weighted by atomic mass is 32.1. The van der Waals surface area contributed by atoms with Crippen molar-refractivity contribution in [1.82, 2.24) is 9.66 Å². The lowest BCUT2D eigenvalue weighted by Crippen LogP contribution is -2.14. The molecule has 2 aromatic heterocycles. The van der Waals surface area contributed by atoms with Gasteiger partial charge in [0.15, 0.2) is 0 Å². The third-order valence-electron chi connectivity index (χ3n) is 5.07. The molecule has 0 unspecified atom stereocenters. The van der Waals surface area contributed by atoms with Crippen molar-refractivity contribution in [2.24, 2.45) is 10.1 Å². The van der Waals surface area contributed by atoms with Crippen molar-refractivity contribution in [2.45, 2.75) is 13.8 Å². The maximum atomic E-state index is 5.66. The van der Waals surface area contributed by atoms with Crippen LogP contribution in [0.3, 0.4) is 0 Å². The van der Waals surface area contributed by atoms with Gasteiger partial charge in [-0.15, -0.1) is 11.3 Å². The minimum Gasteiger partial charge on any atom is -0.497 e. The Morgan fingerprint density at radius 2 is 1.82 bits per heavy atom. The molecular weight excluding hydrogens is 448 g/mol.